The highest BCUT2D eigenvalue weighted by Gasteiger charge is 2.42. The predicted octanol–water partition coefficient (Wildman–Crippen LogP) is -0.761. The molecule has 1 saturated carbocycles. The van der Waals surface area contributed by atoms with Crippen LogP contribution >= 0.6 is 0 Å². The van der Waals surface area contributed by atoms with Crippen LogP contribution in [0.4, 0.5) is 0 Å². The Bertz CT molecular complexity index is 261. The second-order valence-corrected chi connectivity index (χ2v) is 4.04. The van der Waals surface area contributed by atoms with E-state index < -0.39 is 0 Å². The molecule has 0 aromatic rings. The molecule has 0 heterocycles. The number of hydrogen-bond acceptors (Lipinski definition) is 4. The van der Waals surface area contributed by atoms with E-state index >= 15 is 0 Å². The first-order chi connectivity index (χ1) is 7.12. The zero-order chi connectivity index (χ0) is 11.3. The van der Waals surface area contributed by atoms with E-state index in [9.17, 15) is 4.79 Å². The lowest BCUT2D eigenvalue weighted by Crippen LogP contribution is -2.35. The maximum absolute atomic E-state index is 10.9. The SMILES string of the molecule is CNC(=O)CNCC1(CC(N)=NO)CC1. The minimum Gasteiger partial charge on any atom is -0.409 e. The molecule has 1 aliphatic rings. The minimum absolute atomic E-state index is 0.0328. The normalized spacial score (nSPS) is 18.6. The van der Waals surface area contributed by atoms with Crippen LogP contribution in [0.25, 0.3) is 0 Å². The fourth-order valence-corrected chi connectivity index (χ4v) is 1.54. The molecule has 0 atom stereocenters. The summed E-state index contributed by atoms with van der Waals surface area (Å²) in [4.78, 5) is 10.9. The van der Waals surface area contributed by atoms with Crippen LogP contribution in [-0.2, 0) is 4.79 Å². The van der Waals surface area contributed by atoms with Crippen molar-refractivity contribution in [2.75, 3.05) is 20.1 Å². The van der Waals surface area contributed by atoms with Gasteiger partial charge in [0.25, 0.3) is 0 Å². The molecule has 15 heavy (non-hydrogen) atoms. The molecule has 0 unspecified atom stereocenters. The Labute approximate surface area is 88.9 Å². The summed E-state index contributed by atoms with van der Waals surface area (Å²) in [6.07, 6.45) is 2.71. The quantitative estimate of drug-likeness (QED) is 0.202. The molecule has 6 heteroatoms. The molecular formula is C9H18N4O2. The highest BCUT2D eigenvalue weighted by Crippen LogP contribution is 2.48. The molecule has 1 amide bonds. The molecule has 0 aromatic heterocycles. The molecule has 1 aliphatic carbocycles. The van der Waals surface area contributed by atoms with Crippen LogP contribution < -0.4 is 16.4 Å². The van der Waals surface area contributed by atoms with Gasteiger partial charge in [0.2, 0.25) is 5.91 Å². The average molecular weight is 214 g/mol. The first kappa shape index (κ1) is 11.8. The van der Waals surface area contributed by atoms with Gasteiger partial charge in [0.05, 0.1) is 6.54 Å². The minimum atomic E-state index is -0.0328. The van der Waals surface area contributed by atoms with Gasteiger partial charge in [-0.25, -0.2) is 0 Å². The predicted molar refractivity (Wildman–Crippen MR) is 56.6 cm³/mol. The summed E-state index contributed by atoms with van der Waals surface area (Å²) in [7, 11) is 1.60. The number of oxime groups is 1. The molecule has 0 aromatic carbocycles. The van der Waals surface area contributed by atoms with Crippen LogP contribution in [0.15, 0.2) is 5.16 Å². The van der Waals surface area contributed by atoms with Gasteiger partial charge in [-0.1, -0.05) is 5.16 Å². The Balaban J connectivity index is 2.23. The van der Waals surface area contributed by atoms with Gasteiger partial charge in [-0.2, -0.15) is 0 Å². The number of carbonyl (C=O) groups is 1. The maximum atomic E-state index is 10.9. The van der Waals surface area contributed by atoms with Crippen LogP contribution in [0.5, 0.6) is 0 Å². The molecule has 0 saturated heterocycles. The van der Waals surface area contributed by atoms with Crippen LogP contribution in [-0.4, -0.2) is 37.1 Å². The van der Waals surface area contributed by atoms with E-state index in [0.29, 0.717) is 13.0 Å². The summed E-state index contributed by atoms with van der Waals surface area (Å²) in [6, 6.07) is 0. The molecule has 6 nitrogen and oxygen atoms in total. The molecule has 0 bridgehead atoms. The average Bonchev–Trinajstić information content (AvgIpc) is 2.97. The molecule has 0 radical (unpaired) electrons. The molecule has 5 N–H and O–H groups in total. The van der Waals surface area contributed by atoms with Crippen molar-refractivity contribution in [2.24, 2.45) is 16.3 Å². The Morgan fingerprint density at radius 1 is 1.60 bits per heavy atom. The van der Waals surface area contributed by atoms with Crippen molar-refractivity contribution in [3.05, 3.63) is 0 Å². The van der Waals surface area contributed by atoms with Gasteiger partial charge in [0.15, 0.2) is 0 Å². The van der Waals surface area contributed by atoms with Crippen LogP contribution in [0.1, 0.15) is 19.3 Å². The van der Waals surface area contributed by atoms with Crippen molar-refractivity contribution in [3.63, 3.8) is 0 Å². The van der Waals surface area contributed by atoms with E-state index in [0.717, 1.165) is 19.4 Å². The zero-order valence-corrected chi connectivity index (χ0v) is 8.92. The van der Waals surface area contributed by atoms with Crippen molar-refractivity contribution < 1.29 is 10.0 Å². The third-order valence-electron chi connectivity index (χ3n) is 2.71. The third-order valence-corrected chi connectivity index (χ3v) is 2.71. The number of amides is 1. The van der Waals surface area contributed by atoms with E-state index in [4.69, 9.17) is 10.9 Å². The van der Waals surface area contributed by atoms with Crippen molar-refractivity contribution in [1.29, 1.82) is 0 Å². The molecule has 86 valence electrons. The number of rotatable bonds is 6. The highest BCUT2D eigenvalue weighted by atomic mass is 16.4. The van der Waals surface area contributed by atoms with Crippen molar-refractivity contribution in [2.45, 2.75) is 19.3 Å². The number of nitrogens with zero attached hydrogens (tertiary/aromatic N) is 1. The monoisotopic (exact) mass is 214 g/mol. The van der Waals surface area contributed by atoms with E-state index in [1.807, 2.05) is 0 Å². The number of amidine groups is 1. The van der Waals surface area contributed by atoms with Crippen LogP contribution in [0.2, 0.25) is 0 Å². The van der Waals surface area contributed by atoms with Crippen LogP contribution in [0, 0.1) is 5.41 Å². The Morgan fingerprint density at radius 2 is 2.27 bits per heavy atom. The van der Waals surface area contributed by atoms with E-state index in [2.05, 4.69) is 15.8 Å². The number of carbonyl (C=O) groups excluding carboxylic acids is 1. The third kappa shape index (κ3) is 3.75. The number of nitrogens with two attached hydrogens (primary N) is 1. The number of nitrogens with one attached hydrogen (secondary N) is 2. The van der Waals surface area contributed by atoms with Crippen molar-refractivity contribution >= 4 is 11.7 Å². The summed E-state index contributed by atoms with van der Waals surface area (Å²) in [5.74, 6) is 0.226. The summed E-state index contributed by atoms with van der Waals surface area (Å²) >= 11 is 0. The van der Waals surface area contributed by atoms with Gasteiger partial charge in [-0.05, 0) is 18.3 Å². The lowest BCUT2D eigenvalue weighted by molar-refractivity contribution is -0.119. The lowest BCUT2D eigenvalue weighted by Gasteiger charge is -2.14. The zero-order valence-electron chi connectivity index (χ0n) is 8.92. The second-order valence-electron chi connectivity index (χ2n) is 4.04. The molecule has 0 aliphatic heterocycles. The Morgan fingerprint density at radius 3 is 2.73 bits per heavy atom. The Kier molecular flexibility index (Phi) is 3.90. The van der Waals surface area contributed by atoms with E-state index in [1.54, 1.807) is 7.05 Å². The van der Waals surface area contributed by atoms with Gasteiger partial charge < -0.3 is 21.6 Å². The smallest absolute Gasteiger partial charge is 0.233 e. The summed E-state index contributed by atoms with van der Waals surface area (Å²) in [6.45, 7) is 1.05. The van der Waals surface area contributed by atoms with Crippen molar-refractivity contribution in [1.82, 2.24) is 10.6 Å². The molecule has 1 rings (SSSR count). The van der Waals surface area contributed by atoms with Crippen LogP contribution in [0.3, 0.4) is 0 Å². The van der Waals surface area contributed by atoms with E-state index in [-0.39, 0.29) is 17.2 Å². The Hall–Kier alpha value is -1.30. The van der Waals surface area contributed by atoms with Crippen molar-refractivity contribution in [3.8, 4) is 0 Å². The van der Waals surface area contributed by atoms with Gasteiger partial charge in [0.1, 0.15) is 5.84 Å². The second kappa shape index (κ2) is 4.97. The summed E-state index contributed by atoms with van der Waals surface area (Å²) < 4.78 is 0. The largest absolute Gasteiger partial charge is 0.409 e. The maximum Gasteiger partial charge on any atom is 0.233 e. The van der Waals surface area contributed by atoms with Gasteiger partial charge >= 0.3 is 0 Å². The molecule has 0 spiro atoms. The standard InChI is InChI=1S/C9H18N4O2/c1-11-8(14)5-12-6-9(2-3-9)4-7(10)13-15/h12,15H,2-6H2,1H3,(H2,10,13)(H,11,14). The molecular weight excluding hydrogens is 196 g/mol. The number of likely N-dealkylation sites (N-methyl/N-ethyl adjacent to an activating group) is 1. The first-order valence-corrected chi connectivity index (χ1v) is 4.99. The topological polar surface area (TPSA) is 99.7 Å². The summed E-state index contributed by atoms with van der Waals surface area (Å²) in [5.41, 5.74) is 5.55. The summed E-state index contributed by atoms with van der Waals surface area (Å²) in [5, 5.41) is 17.0. The fraction of sp³-hybridized carbons (Fsp3) is 0.778. The van der Waals surface area contributed by atoms with Gasteiger partial charge in [0, 0.05) is 20.0 Å². The van der Waals surface area contributed by atoms with Gasteiger partial charge in [-0.3, -0.25) is 4.79 Å². The lowest BCUT2D eigenvalue weighted by atomic mass is 10.0. The van der Waals surface area contributed by atoms with Gasteiger partial charge in [-0.15, -0.1) is 0 Å². The highest BCUT2D eigenvalue weighted by molar-refractivity contribution is 5.80. The van der Waals surface area contributed by atoms with E-state index in [1.165, 1.54) is 0 Å². The molecule has 1 fully saturated rings. The fourth-order valence-electron chi connectivity index (χ4n) is 1.54. The first-order valence-electron chi connectivity index (χ1n) is 4.99. The number of hydrogen-bond donors (Lipinski definition) is 4.